The number of hydrogen-bond acceptors (Lipinski definition) is 3. The molecule has 0 radical (unpaired) electrons. The number of amides is 1. The monoisotopic (exact) mass is 310 g/mol. The number of rotatable bonds is 3. The lowest BCUT2D eigenvalue weighted by molar-refractivity contribution is -0.124. The van der Waals surface area contributed by atoms with E-state index in [4.69, 9.17) is 0 Å². The predicted molar refractivity (Wildman–Crippen MR) is 81.5 cm³/mol. The molecular formula is C15H22N2O3S. The summed E-state index contributed by atoms with van der Waals surface area (Å²) in [5.41, 5.74) is 1.04. The minimum Gasteiger partial charge on any atom is -0.355 e. The van der Waals surface area contributed by atoms with Gasteiger partial charge in [0.25, 0.3) is 0 Å². The molecule has 0 saturated carbocycles. The molecule has 0 unspecified atom stereocenters. The lowest BCUT2D eigenvalue weighted by atomic mass is 9.87. The van der Waals surface area contributed by atoms with Crippen LogP contribution in [0.15, 0.2) is 29.2 Å². The van der Waals surface area contributed by atoms with Crippen LogP contribution in [0.4, 0.5) is 0 Å². The van der Waals surface area contributed by atoms with Crippen LogP contribution in [0.3, 0.4) is 0 Å². The first-order valence-corrected chi connectivity index (χ1v) is 8.59. The van der Waals surface area contributed by atoms with Crippen molar-refractivity contribution in [3.63, 3.8) is 0 Å². The summed E-state index contributed by atoms with van der Waals surface area (Å²) in [6, 6.07) is 6.13. The van der Waals surface area contributed by atoms with E-state index in [0.717, 1.165) is 12.0 Å². The Bertz CT molecular complexity index is 615. The summed E-state index contributed by atoms with van der Waals surface area (Å²) in [5, 5.41) is 2.67. The zero-order chi connectivity index (χ0) is 15.7. The number of nitrogens with one attached hydrogen (secondary N) is 2. The van der Waals surface area contributed by atoms with Gasteiger partial charge >= 0.3 is 0 Å². The third-order valence-electron chi connectivity index (χ3n) is 3.61. The molecule has 2 rings (SSSR count). The van der Waals surface area contributed by atoms with Crippen molar-refractivity contribution in [2.75, 3.05) is 6.54 Å². The first-order chi connectivity index (χ1) is 9.70. The molecular weight excluding hydrogens is 288 g/mol. The van der Waals surface area contributed by atoms with Crippen molar-refractivity contribution in [3.8, 4) is 0 Å². The Hall–Kier alpha value is -1.40. The SMILES string of the molecule is CC(C)(C)c1ccc(S(=O)(=O)N[C@H]2CCCNC2=O)cc1. The molecule has 116 valence electrons. The summed E-state index contributed by atoms with van der Waals surface area (Å²) in [7, 11) is -3.67. The molecule has 1 aliphatic heterocycles. The summed E-state index contributed by atoms with van der Waals surface area (Å²) in [6.07, 6.45) is 1.31. The van der Waals surface area contributed by atoms with Gasteiger partial charge in [-0.3, -0.25) is 4.79 Å². The minimum absolute atomic E-state index is 0.0288. The molecule has 2 N–H and O–H groups in total. The van der Waals surface area contributed by atoms with Crippen molar-refractivity contribution < 1.29 is 13.2 Å². The first-order valence-electron chi connectivity index (χ1n) is 7.11. The molecule has 0 spiro atoms. The predicted octanol–water partition coefficient (Wildman–Crippen LogP) is 1.54. The van der Waals surface area contributed by atoms with Gasteiger partial charge in [-0.05, 0) is 36.0 Å². The maximum atomic E-state index is 12.3. The highest BCUT2D eigenvalue weighted by atomic mass is 32.2. The maximum Gasteiger partial charge on any atom is 0.241 e. The van der Waals surface area contributed by atoms with E-state index in [0.29, 0.717) is 13.0 Å². The molecule has 1 fully saturated rings. The Morgan fingerprint density at radius 2 is 1.81 bits per heavy atom. The molecule has 5 nitrogen and oxygen atoms in total. The van der Waals surface area contributed by atoms with E-state index in [-0.39, 0.29) is 16.2 Å². The fraction of sp³-hybridized carbons (Fsp3) is 0.533. The van der Waals surface area contributed by atoms with Crippen molar-refractivity contribution in [1.29, 1.82) is 0 Å². The fourth-order valence-electron chi connectivity index (χ4n) is 2.27. The highest BCUT2D eigenvalue weighted by Gasteiger charge is 2.27. The first kappa shape index (κ1) is 16.0. The van der Waals surface area contributed by atoms with Crippen molar-refractivity contribution in [2.24, 2.45) is 0 Å². The van der Waals surface area contributed by atoms with Crippen LogP contribution in [-0.4, -0.2) is 26.9 Å². The van der Waals surface area contributed by atoms with Crippen LogP contribution in [0.25, 0.3) is 0 Å². The standard InChI is InChI=1S/C15H22N2O3S/c1-15(2,3)11-6-8-12(9-7-11)21(19,20)17-13-5-4-10-16-14(13)18/h6-9,13,17H,4-5,10H2,1-3H3,(H,16,18)/t13-/m0/s1. The molecule has 1 atom stereocenters. The van der Waals surface area contributed by atoms with Crippen LogP contribution >= 0.6 is 0 Å². The minimum atomic E-state index is -3.67. The molecule has 6 heteroatoms. The van der Waals surface area contributed by atoms with Crippen LogP contribution in [0.1, 0.15) is 39.2 Å². The lowest BCUT2D eigenvalue weighted by Crippen LogP contribution is -2.50. The van der Waals surface area contributed by atoms with E-state index in [1.807, 2.05) is 12.1 Å². The molecule has 0 aromatic heterocycles. The largest absolute Gasteiger partial charge is 0.355 e. The topological polar surface area (TPSA) is 75.3 Å². The van der Waals surface area contributed by atoms with Gasteiger partial charge in [-0.15, -0.1) is 0 Å². The van der Waals surface area contributed by atoms with E-state index in [1.54, 1.807) is 12.1 Å². The van der Waals surface area contributed by atoms with Gasteiger partial charge in [-0.2, -0.15) is 4.72 Å². The third-order valence-corrected chi connectivity index (χ3v) is 5.10. The van der Waals surface area contributed by atoms with Gasteiger partial charge < -0.3 is 5.32 Å². The highest BCUT2D eigenvalue weighted by Crippen LogP contribution is 2.23. The van der Waals surface area contributed by atoms with Gasteiger partial charge in [0.1, 0.15) is 6.04 Å². The Kier molecular flexibility index (Phi) is 4.39. The van der Waals surface area contributed by atoms with Crippen LogP contribution in [0, 0.1) is 0 Å². The zero-order valence-electron chi connectivity index (χ0n) is 12.6. The quantitative estimate of drug-likeness (QED) is 0.889. The maximum absolute atomic E-state index is 12.3. The van der Waals surface area contributed by atoms with Crippen molar-refractivity contribution in [1.82, 2.24) is 10.0 Å². The fourth-order valence-corrected chi connectivity index (χ4v) is 3.50. The van der Waals surface area contributed by atoms with Crippen molar-refractivity contribution in [3.05, 3.63) is 29.8 Å². The highest BCUT2D eigenvalue weighted by molar-refractivity contribution is 7.89. The number of hydrogen-bond donors (Lipinski definition) is 2. The number of carbonyl (C=O) groups is 1. The smallest absolute Gasteiger partial charge is 0.241 e. The summed E-state index contributed by atoms with van der Waals surface area (Å²) >= 11 is 0. The molecule has 1 amide bonds. The molecule has 1 saturated heterocycles. The molecule has 0 bridgehead atoms. The van der Waals surface area contributed by atoms with E-state index in [2.05, 4.69) is 30.8 Å². The van der Waals surface area contributed by atoms with Crippen molar-refractivity contribution in [2.45, 2.75) is 50.0 Å². The van der Waals surface area contributed by atoms with Crippen LogP contribution in [-0.2, 0) is 20.2 Å². The van der Waals surface area contributed by atoms with Gasteiger partial charge in [0.2, 0.25) is 15.9 Å². The van der Waals surface area contributed by atoms with Gasteiger partial charge in [-0.25, -0.2) is 8.42 Å². The second-order valence-electron chi connectivity index (χ2n) is 6.38. The molecule has 0 aliphatic carbocycles. The Balaban J connectivity index is 2.17. The summed E-state index contributed by atoms with van der Waals surface area (Å²) in [5.74, 6) is -0.254. The molecule has 1 heterocycles. The van der Waals surface area contributed by atoms with Crippen LogP contribution < -0.4 is 10.0 Å². The Morgan fingerprint density at radius 3 is 2.33 bits per heavy atom. The Labute approximate surface area is 126 Å². The van der Waals surface area contributed by atoms with E-state index in [9.17, 15) is 13.2 Å². The zero-order valence-corrected chi connectivity index (χ0v) is 13.5. The second-order valence-corrected chi connectivity index (χ2v) is 8.10. The lowest BCUT2D eigenvalue weighted by Gasteiger charge is -2.23. The number of benzene rings is 1. The molecule has 1 aromatic rings. The van der Waals surface area contributed by atoms with Crippen LogP contribution in [0.2, 0.25) is 0 Å². The third kappa shape index (κ3) is 3.83. The van der Waals surface area contributed by atoms with E-state index < -0.39 is 16.1 Å². The number of sulfonamides is 1. The summed E-state index contributed by atoms with van der Waals surface area (Å²) in [4.78, 5) is 11.8. The van der Waals surface area contributed by atoms with Gasteiger partial charge in [0, 0.05) is 6.54 Å². The summed E-state index contributed by atoms with van der Waals surface area (Å²) < 4.78 is 27.1. The normalized spacial score (nSPS) is 20.1. The van der Waals surface area contributed by atoms with Gasteiger partial charge in [0.05, 0.1) is 4.90 Å². The van der Waals surface area contributed by atoms with E-state index >= 15 is 0 Å². The number of piperidine rings is 1. The van der Waals surface area contributed by atoms with Gasteiger partial charge in [0.15, 0.2) is 0 Å². The Morgan fingerprint density at radius 1 is 1.19 bits per heavy atom. The second kappa shape index (κ2) is 5.77. The average molecular weight is 310 g/mol. The summed E-state index contributed by atoms with van der Waals surface area (Å²) in [6.45, 7) is 6.82. The van der Waals surface area contributed by atoms with Gasteiger partial charge in [-0.1, -0.05) is 32.9 Å². The average Bonchev–Trinajstić information content (AvgIpc) is 2.40. The van der Waals surface area contributed by atoms with E-state index in [1.165, 1.54) is 0 Å². The van der Waals surface area contributed by atoms with Crippen LogP contribution in [0.5, 0.6) is 0 Å². The molecule has 21 heavy (non-hydrogen) atoms. The number of carbonyl (C=O) groups excluding carboxylic acids is 1. The van der Waals surface area contributed by atoms with Crippen molar-refractivity contribution >= 4 is 15.9 Å². The molecule has 1 aliphatic rings. The molecule has 1 aromatic carbocycles.